The molecule has 0 bridgehead atoms. The number of hydrogen-bond acceptors (Lipinski definition) is 2. The summed E-state index contributed by atoms with van der Waals surface area (Å²) in [5.41, 5.74) is 2.41. The third-order valence-corrected chi connectivity index (χ3v) is 3.72. The molecule has 2 rings (SSSR count). The first kappa shape index (κ1) is 20.7. The van der Waals surface area contributed by atoms with Crippen LogP contribution in [0.3, 0.4) is 0 Å². The standard InChI is InChI=1S/C18H28N4O.HI/c1-3-4-11-19-18(21-13-17(23)22-16-9-10-16)20-12-15-7-5-14(2)6-8-15;/h5-8,16H,3-4,9-13H2,1-2H3,(H,22,23)(H2,19,20,21);1H. The van der Waals surface area contributed by atoms with Crippen LogP contribution in [0.15, 0.2) is 29.3 Å². The highest BCUT2D eigenvalue weighted by atomic mass is 127. The largest absolute Gasteiger partial charge is 0.356 e. The summed E-state index contributed by atoms with van der Waals surface area (Å²) >= 11 is 0. The van der Waals surface area contributed by atoms with E-state index in [1.54, 1.807) is 0 Å². The second-order valence-electron chi connectivity index (χ2n) is 6.13. The number of benzene rings is 1. The highest BCUT2D eigenvalue weighted by Crippen LogP contribution is 2.18. The molecule has 24 heavy (non-hydrogen) atoms. The van der Waals surface area contributed by atoms with Gasteiger partial charge in [0.05, 0.1) is 13.1 Å². The van der Waals surface area contributed by atoms with Crippen LogP contribution in [0.1, 0.15) is 43.7 Å². The van der Waals surface area contributed by atoms with E-state index < -0.39 is 0 Å². The van der Waals surface area contributed by atoms with Crippen molar-refractivity contribution >= 4 is 35.8 Å². The Labute approximate surface area is 162 Å². The fourth-order valence-electron chi connectivity index (χ4n) is 2.09. The van der Waals surface area contributed by atoms with E-state index in [1.165, 1.54) is 5.56 Å². The molecule has 1 saturated carbocycles. The third kappa shape index (κ3) is 8.52. The van der Waals surface area contributed by atoms with E-state index in [-0.39, 0.29) is 36.4 Å². The number of nitrogens with one attached hydrogen (secondary N) is 3. The Balaban J connectivity index is 0.00000288. The van der Waals surface area contributed by atoms with Gasteiger partial charge >= 0.3 is 0 Å². The van der Waals surface area contributed by atoms with Crippen molar-refractivity contribution in [2.24, 2.45) is 4.99 Å². The average molecular weight is 444 g/mol. The van der Waals surface area contributed by atoms with Gasteiger partial charge in [-0.05, 0) is 31.7 Å². The van der Waals surface area contributed by atoms with Crippen molar-refractivity contribution in [1.29, 1.82) is 0 Å². The van der Waals surface area contributed by atoms with E-state index in [4.69, 9.17) is 0 Å². The molecule has 1 aliphatic rings. The first-order valence-corrected chi connectivity index (χ1v) is 8.54. The highest BCUT2D eigenvalue weighted by Gasteiger charge is 2.22. The van der Waals surface area contributed by atoms with E-state index >= 15 is 0 Å². The van der Waals surface area contributed by atoms with Crippen molar-refractivity contribution in [3.05, 3.63) is 35.4 Å². The Hall–Kier alpha value is -1.31. The smallest absolute Gasteiger partial charge is 0.239 e. The van der Waals surface area contributed by atoms with E-state index in [0.717, 1.165) is 37.8 Å². The van der Waals surface area contributed by atoms with Gasteiger partial charge in [0, 0.05) is 12.6 Å². The van der Waals surface area contributed by atoms with Crippen molar-refractivity contribution in [1.82, 2.24) is 16.0 Å². The number of nitrogens with zero attached hydrogens (tertiary/aromatic N) is 1. The minimum Gasteiger partial charge on any atom is -0.356 e. The molecule has 0 aliphatic heterocycles. The molecule has 134 valence electrons. The van der Waals surface area contributed by atoms with Gasteiger partial charge in [0.25, 0.3) is 0 Å². The lowest BCUT2D eigenvalue weighted by Crippen LogP contribution is -2.44. The summed E-state index contributed by atoms with van der Waals surface area (Å²) in [6, 6.07) is 8.74. The molecule has 1 aliphatic carbocycles. The number of carbonyl (C=O) groups excluding carboxylic acids is 1. The fourth-order valence-corrected chi connectivity index (χ4v) is 2.09. The monoisotopic (exact) mass is 444 g/mol. The van der Waals surface area contributed by atoms with Gasteiger partial charge in [-0.3, -0.25) is 4.79 Å². The van der Waals surface area contributed by atoms with Crippen LogP contribution >= 0.6 is 24.0 Å². The number of guanidine groups is 1. The van der Waals surface area contributed by atoms with Crippen LogP contribution in [0.2, 0.25) is 0 Å². The first-order valence-electron chi connectivity index (χ1n) is 8.54. The lowest BCUT2D eigenvalue weighted by atomic mass is 10.1. The number of carbonyl (C=O) groups is 1. The molecule has 1 aromatic rings. The number of rotatable bonds is 8. The molecule has 1 fully saturated rings. The van der Waals surface area contributed by atoms with Crippen LogP contribution in [0.5, 0.6) is 0 Å². The molecule has 0 unspecified atom stereocenters. The zero-order valence-corrected chi connectivity index (χ0v) is 16.9. The molecule has 0 heterocycles. The predicted octanol–water partition coefficient (Wildman–Crippen LogP) is 2.73. The minimum absolute atomic E-state index is 0. The number of hydrogen-bond donors (Lipinski definition) is 3. The van der Waals surface area contributed by atoms with Crippen molar-refractivity contribution < 1.29 is 4.79 Å². The molecule has 1 aromatic carbocycles. The van der Waals surface area contributed by atoms with Crippen molar-refractivity contribution in [2.75, 3.05) is 13.1 Å². The Bertz CT molecular complexity index is 526. The summed E-state index contributed by atoms with van der Waals surface area (Å²) < 4.78 is 0. The van der Waals surface area contributed by atoms with Gasteiger partial charge in [0.2, 0.25) is 5.91 Å². The summed E-state index contributed by atoms with van der Waals surface area (Å²) in [5, 5.41) is 9.38. The third-order valence-electron chi connectivity index (χ3n) is 3.72. The Kier molecular flexibility index (Phi) is 9.75. The maximum absolute atomic E-state index is 11.8. The number of unbranched alkanes of at least 4 members (excludes halogenated alkanes) is 1. The van der Waals surface area contributed by atoms with Gasteiger partial charge in [-0.25, -0.2) is 4.99 Å². The average Bonchev–Trinajstić information content (AvgIpc) is 3.35. The molecule has 0 spiro atoms. The Morgan fingerprint density at radius 1 is 1.21 bits per heavy atom. The molecule has 5 nitrogen and oxygen atoms in total. The number of aliphatic imine (C=N–C) groups is 1. The van der Waals surface area contributed by atoms with Crippen molar-refractivity contribution in [2.45, 2.75) is 52.1 Å². The molecule has 1 amide bonds. The van der Waals surface area contributed by atoms with Crippen LogP contribution in [0.25, 0.3) is 0 Å². The second-order valence-corrected chi connectivity index (χ2v) is 6.13. The number of amides is 1. The summed E-state index contributed by atoms with van der Waals surface area (Å²) in [6.45, 7) is 5.96. The summed E-state index contributed by atoms with van der Waals surface area (Å²) in [4.78, 5) is 16.4. The molecule has 0 aromatic heterocycles. The fraction of sp³-hybridized carbons (Fsp3) is 0.556. The molecule has 3 N–H and O–H groups in total. The van der Waals surface area contributed by atoms with E-state index in [2.05, 4.69) is 59.1 Å². The zero-order valence-electron chi connectivity index (χ0n) is 14.6. The quantitative estimate of drug-likeness (QED) is 0.250. The normalized spacial score (nSPS) is 13.8. The highest BCUT2D eigenvalue weighted by molar-refractivity contribution is 14.0. The zero-order chi connectivity index (χ0) is 16.5. The maximum atomic E-state index is 11.8. The number of aryl methyl sites for hydroxylation is 1. The first-order chi connectivity index (χ1) is 11.2. The molecule has 0 atom stereocenters. The number of halogens is 1. The molecular formula is C18H29IN4O. The predicted molar refractivity (Wildman–Crippen MR) is 110 cm³/mol. The van der Waals surface area contributed by atoms with E-state index in [9.17, 15) is 4.79 Å². The van der Waals surface area contributed by atoms with Gasteiger partial charge in [-0.15, -0.1) is 24.0 Å². The summed E-state index contributed by atoms with van der Waals surface area (Å²) in [5.74, 6) is 0.734. The van der Waals surface area contributed by atoms with Crippen molar-refractivity contribution in [3.8, 4) is 0 Å². The van der Waals surface area contributed by atoms with Crippen molar-refractivity contribution in [3.63, 3.8) is 0 Å². The molecular weight excluding hydrogens is 415 g/mol. The molecule has 6 heteroatoms. The lowest BCUT2D eigenvalue weighted by Gasteiger charge is -2.12. The van der Waals surface area contributed by atoms with Crippen LogP contribution in [0, 0.1) is 6.92 Å². The summed E-state index contributed by atoms with van der Waals surface area (Å²) in [6.07, 6.45) is 4.42. The van der Waals surface area contributed by atoms with Gasteiger partial charge in [-0.1, -0.05) is 43.2 Å². The summed E-state index contributed by atoms with van der Waals surface area (Å²) in [7, 11) is 0. The minimum atomic E-state index is 0. The topological polar surface area (TPSA) is 65.5 Å². The van der Waals surface area contributed by atoms with Gasteiger partial charge < -0.3 is 16.0 Å². The van der Waals surface area contributed by atoms with Crippen LogP contribution < -0.4 is 16.0 Å². The second kappa shape index (κ2) is 11.3. The van der Waals surface area contributed by atoms with E-state index in [1.807, 2.05) is 0 Å². The Morgan fingerprint density at radius 2 is 1.92 bits per heavy atom. The Morgan fingerprint density at radius 3 is 2.54 bits per heavy atom. The lowest BCUT2D eigenvalue weighted by molar-refractivity contribution is -0.120. The maximum Gasteiger partial charge on any atom is 0.239 e. The van der Waals surface area contributed by atoms with Crippen LogP contribution in [-0.2, 0) is 11.3 Å². The van der Waals surface area contributed by atoms with Gasteiger partial charge in [0.15, 0.2) is 5.96 Å². The van der Waals surface area contributed by atoms with Gasteiger partial charge in [-0.2, -0.15) is 0 Å². The SMILES string of the molecule is CCCCNC(=NCc1ccc(C)cc1)NCC(=O)NC1CC1.I. The van der Waals surface area contributed by atoms with E-state index in [0.29, 0.717) is 18.5 Å². The molecule has 0 radical (unpaired) electrons. The van der Waals surface area contributed by atoms with Gasteiger partial charge in [0.1, 0.15) is 0 Å². The molecule has 0 saturated heterocycles. The van der Waals surface area contributed by atoms with Crippen LogP contribution in [-0.4, -0.2) is 31.0 Å². The van der Waals surface area contributed by atoms with Crippen LogP contribution in [0.4, 0.5) is 0 Å².